The largest absolute Gasteiger partial charge is 0.359 e. The molecule has 0 bridgehead atoms. The molecule has 0 aliphatic carbocycles. The number of hydrogen-bond donors (Lipinski definition) is 0. The highest BCUT2D eigenvalue weighted by molar-refractivity contribution is 5.75. The molecule has 1 aromatic carbocycles. The lowest BCUT2D eigenvalue weighted by Gasteiger charge is -1.91. The van der Waals surface area contributed by atoms with E-state index in [1.807, 2.05) is 0 Å². The average molecular weight is 212 g/mol. The summed E-state index contributed by atoms with van der Waals surface area (Å²) in [4.78, 5) is 0.269. The summed E-state index contributed by atoms with van der Waals surface area (Å²) in [6.45, 7) is 0. The molecule has 6 nitrogen and oxygen atoms in total. The molecule has 0 saturated carbocycles. The van der Waals surface area contributed by atoms with Crippen LogP contribution in [0, 0.1) is 27.9 Å². The molecule has 0 atom stereocenters. The maximum atomic E-state index is 11.1. The van der Waals surface area contributed by atoms with E-state index in [0.29, 0.717) is 11.1 Å². The predicted octanol–water partition coefficient (Wildman–Crippen LogP) is 0.892. The van der Waals surface area contributed by atoms with Crippen molar-refractivity contribution in [3.8, 4) is 12.1 Å². The van der Waals surface area contributed by atoms with Crippen molar-refractivity contribution in [2.24, 2.45) is 0 Å². The minimum atomic E-state index is -0.0340. The molecule has 0 spiro atoms. The van der Waals surface area contributed by atoms with Gasteiger partial charge in [-0.1, -0.05) is 6.07 Å². The Bertz CT molecular complexity index is 641. The van der Waals surface area contributed by atoms with Gasteiger partial charge in [-0.2, -0.15) is 10.5 Å². The van der Waals surface area contributed by atoms with E-state index in [-0.39, 0.29) is 16.0 Å². The van der Waals surface area contributed by atoms with Gasteiger partial charge in [0.15, 0.2) is 0 Å². The minimum absolute atomic E-state index is 0.0340. The van der Waals surface area contributed by atoms with Crippen molar-refractivity contribution in [2.75, 3.05) is 0 Å². The van der Waals surface area contributed by atoms with E-state index in [0.717, 1.165) is 0 Å². The highest BCUT2D eigenvalue weighted by Crippen LogP contribution is 2.13. The van der Waals surface area contributed by atoms with Crippen molar-refractivity contribution < 1.29 is 9.53 Å². The molecule has 1 heterocycles. The standard InChI is InChI=1S/C10H4N4O2/c11-5-8(6-12)3-7-1-2-9-10(4-7)14(15)16-13-9/h1-4H. The third-order valence-corrected chi connectivity index (χ3v) is 1.96. The molecule has 2 rings (SSSR count). The average Bonchev–Trinajstić information content (AvgIpc) is 2.68. The van der Waals surface area contributed by atoms with Gasteiger partial charge in [0.1, 0.15) is 17.7 Å². The zero-order valence-corrected chi connectivity index (χ0v) is 7.91. The van der Waals surface area contributed by atoms with Crippen LogP contribution in [0.4, 0.5) is 0 Å². The molecule has 0 N–H and O–H groups in total. The zero-order valence-electron chi connectivity index (χ0n) is 7.91. The number of aromatic nitrogens is 2. The highest BCUT2D eigenvalue weighted by Gasteiger charge is 2.08. The van der Waals surface area contributed by atoms with E-state index in [4.69, 9.17) is 10.5 Å². The van der Waals surface area contributed by atoms with E-state index in [9.17, 15) is 5.21 Å². The van der Waals surface area contributed by atoms with Crippen LogP contribution < -0.4 is 4.90 Å². The van der Waals surface area contributed by atoms with Crippen molar-refractivity contribution >= 4 is 17.1 Å². The zero-order chi connectivity index (χ0) is 11.5. The summed E-state index contributed by atoms with van der Waals surface area (Å²) in [6, 6.07) is 8.17. The Morgan fingerprint density at radius 1 is 1.44 bits per heavy atom. The first-order valence-corrected chi connectivity index (χ1v) is 4.26. The van der Waals surface area contributed by atoms with Crippen LogP contribution in [0.1, 0.15) is 5.56 Å². The molecule has 16 heavy (non-hydrogen) atoms. The van der Waals surface area contributed by atoms with Crippen molar-refractivity contribution in [3.63, 3.8) is 0 Å². The first-order chi connectivity index (χ1) is 7.74. The van der Waals surface area contributed by atoms with Gasteiger partial charge >= 0.3 is 0 Å². The summed E-state index contributed by atoms with van der Waals surface area (Å²) in [7, 11) is 0. The second kappa shape index (κ2) is 3.71. The lowest BCUT2D eigenvalue weighted by molar-refractivity contribution is -0.782. The molecular weight excluding hydrogens is 208 g/mol. The van der Waals surface area contributed by atoms with E-state index in [1.54, 1.807) is 24.3 Å². The van der Waals surface area contributed by atoms with Crippen molar-refractivity contribution in [2.45, 2.75) is 0 Å². The first kappa shape index (κ1) is 9.69. The minimum Gasteiger partial charge on any atom is -0.359 e. The second-order valence-electron chi connectivity index (χ2n) is 2.96. The van der Waals surface area contributed by atoms with Gasteiger partial charge in [0, 0.05) is 11.2 Å². The Morgan fingerprint density at radius 2 is 2.19 bits per heavy atom. The van der Waals surface area contributed by atoms with Gasteiger partial charge < -0.3 is 5.21 Å². The molecule has 76 valence electrons. The maximum Gasteiger partial charge on any atom is 0.248 e. The van der Waals surface area contributed by atoms with Gasteiger partial charge in [0.25, 0.3) is 0 Å². The van der Waals surface area contributed by atoms with E-state index in [1.165, 1.54) is 12.1 Å². The lowest BCUT2D eigenvalue weighted by Crippen LogP contribution is -2.22. The predicted molar refractivity (Wildman–Crippen MR) is 52.2 cm³/mol. The Morgan fingerprint density at radius 3 is 2.88 bits per heavy atom. The van der Waals surface area contributed by atoms with Gasteiger partial charge in [0.05, 0.1) is 0 Å². The molecule has 2 aromatic rings. The Hall–Kier alpha value is -2.86. The van der Waals surface area contributed by atoms with Gasteiger partial charge in [-0.05, 0) is 22.6 Å². The van der Waals surface area contributed by atoms with Crippen molar-refractivity contribution in [1.29, 1.82) is 10.5 Å². The monoisotopic (exact) mass is 212 g/mol. The van der Waals surface area contributed by atoms with Gasteiger partial charge in [-0.3, -0.25) is 4.63 Å². The molecule has 0 fully saturated rings. The van der Waals surface area contributed by atoms with E-state index >= 15 is 0 Å². The fourth-order valence-corrected chi connectivity index (χ4v) is 1.23. The van der Waals surface area contributed by atoms with Gasteiger partial charge in [0.2, 0.25) is 11.0 Å². The Labute approximate surface area is 89.8 Å². The quantitative estimate of drug-likeness (QED) is 0.516. The number of hydrogen-bond acceptors (Lipinski definition) is 5. The van der Waals surface area contributed by atoms with Crippen LogP contribution in [0.3, 0.4) is 0 Å². The molecular formula is C10H4N4O2. The lowest BCUT2D eigenvalue weighted by atomic mass is 10.1. The molecule has 0 radical (unpaired) electrons. The fourth-order valence-electron chi connectivity index (χ4n) is 1.23. The van der Waals surface area contributed by atoms with Crippen molar-refractivity contribution in [3.05, 3.63) is 34.5 Å². The van der Waals surface area contributed by atoms with Crippen LogP contribution in [0.5, 0.6) is 0 Å². The summed E-state index contributed by atoms with van der Waals surface area (Å²) < 4.78 is 4.39. The summed E-state index contributed by atoms with van der Waals surface area (Å²) >= 11 is 0. The summed E-state index contributed by atoms with van der Waals surface area (Å²) in [5, 5.41) is 31.7. The van der Waals surface area contributed by atoms with Gasteiger partial charge in [-0.15, -0.1) is 0 Å². The Kier molecular flexibility index (Phi) is 2.25. The summed E-state index contributed by atoms with van der Waals surface area (Å²) in [5.74, 6) is 0. The SMILES string of the molecule is N#CC(C#N)=Cc1ccc2no[n+]([O-])c2c1. The van der Waals surface area contributed by atoms with Crippen LogP contribution in [-0.4, -0.2) is 5.16 Å². The topological polar surface area (TPSA) is 101 Å². The van der Waals surface area contributed by atoms with E-state index < -0.39 is 0 Å². The van der Waals surface area contributed by atoms with Crippen LogP contribution >= 0.6 is 0 Å². The molecule has 0 aliphatic heterocycles. The molecule has 0 saturated heterocycles. The Balaban J connectivity index is 2.56. The van der Waals surface area contributed by atoms with Crippen LogP contribution in [0.25, 0.3) is 17.1 Å². The van der Waals surface area contributed by atoms with Crippen LogP contribution in [0.15, 0.2) is 28.4 Å². The van der Waals surface area contributed by atoms with E-state index in [2.05, 4.69) is 9.79 Å². The number of benzene rings is 1. The van der Waals surface area contributed by atoms with Gasteiger partial charge in [-0.25, -0.2) is 0 Å². The number of nitrogens with zero attached hydrogens (tertiary/aromatic N) is 4. The number of allylic oxidation sites excluding steroid dienone is 1. The molecule has 0 unspecified atom stereocenters. The second-order valence-corrected chi connectivity index (χ2v) is 2.96. The van der Waals surface area contributed by atoms with Crippen LogP contribution in [-0.2, 0) is 0 Å². The smallest absolute Gasteiger partial charge is 0.248 e. The highest BCUT2D eigenvalue weighted by atomic mass is 16.8. The molecule has 0 amide bonds. The summed E-state index contributed by atoms with van der Waals surface area (Å²) in [5.41, 5.74) is 1.21. The van der Waals surface area contributed by atoms with Crippen LogP contribution in [0.2, 0.25) is 0 Å². The number of fused-ring (bicyclic) bond motifs is 1. The molecule has 0 aliphatic rings. The number of rotatable bonds is 1. The van der Waals surface area contributed by atoms with Crippen molar-refractivity contribution in [1.82, 2.24) is 5.16 Å². The fraction of sp³-hybridized carbons (Fsp3) is 0. The molecule has 6 heteroatoms. The molecule has 1 aromatic heterocycles. The maximum absolute atomic E-state index is 11.1. The summed E-state index contributed by atoms with van der Waals surface area (Å²) in [6.07, 6.45) is 1.38. The third kappa shape index (κ3) is 1.56. The first-order valence-electron chi connectivity index (χ1n) is 4.26. The normalized spacial score (nSPS) is 9.38. The third-order valence-electron chi connectivity index (χ3n) is 1.96. The number of nitriles is 2.